The van der Waals surface area contributed by atoms with Gasteiger partial charge in [0.05, 0.1) is 18.7 Å². The maximum Gasteiger partial charge on any atom is 0.255 e. The fourth-order valence-electron chi connectivity index (χ4n) is 2.72. The lowest BCUT2D eigenvalue weighted by molar-refractivity contribution is 0.0177. The molecule has 0 radical (unpaired) electrons. The molecule has 0 N–H and O–H groups in total. The smallest absolute Gasteiger partial charge is 0.255 e. The Kier molecular flexibility index (Phi) is 3.26. The molecule has 0 aliphatic carbocycles. The van der Waals surface area contributed by atoms with E-state index < -0.39 is 0 Å². The summed E-state index contributed by atoms with van der Waals surface area (Å²) >= 11 is 0. The third-order valence-corrected chi connectivity index (χ3v) is 4.09. The van der Waals surface area contributed by atoms with Crippen LogP contribution in [0.3, 0.4) is 0 Å². The van der Waals surface area contributed by atoms with Crippen LogP contribution in [0.25, 0.3) is 5.65 Å². The third-order valence-electron chi connectivity index (χ3n) is 4.09. The van der Waals surface area contributed by atoms with Crippen LogP contribution in [0.2, 0.25) is 0 Å². The number of rotatable bonds is 3. The second-order valence-corrected chi connectivity index (χ2v) is 5.87. The topological polar surface area (TPSA) is 46.8 Å². The number of fused-ring (bicyclic) bond motifs is 1. The van der Waals surface area contributed by atoms with Crippen LogP contribution in [0.1, 0.15) is 15.9 Å². The number of amides is 1. The number of hydrogen-bond acceptors (Lipinski definition) is 3. The molecular weight excluding hydrogens is 290 g/mol. The summed E-state index contributed by atoms with van der Waals surface area (Å²) < 4.78 is 7.72. The van der Waals surface area contributed by atoms with Gasteiger partial charge in [0.2, 0.25) is 0 Å². The Balaban J connectivity index is 1.39. The zero-order chi connectivity index (χ0) is 15.8. The van der Waals surface area contributed by atoms with Gasteiger partial charge in [-0.1, -0.05) is 17.7 Å². The Morgan fingerprint density at radius 1 is 1.17 bits per heavy atom. The van der Waals surface area contributed by atoms with Crippen LogP contribution in [0.4, 0.5) is 0 Å². The van der Waals surface area contributed by atoms with Gasteiger partial charge in [-0.15, -0.1) is 0 Å². The first-order valence-electron chi connectivity index (χ1n) is 7.64. The lowest BCUT2D eigenvalue weighted by atomic mass is 10.1. The number of imidazole rings is 1. The van der Waals surface area contributed by atoms with Gasteiger partial charge in [-0.2, -0.15) is 0 Å². The van der Waals surface area contributed by atoms with Crippen LogP contribution < -0.4 is 4.74 Å². The molecule has 0 spiro atoms. The number of ether oxygens (including phenoxy) is 1. The molecule has 1 aliphatic heterocycles. The molecule has 116 valence electrons. The summed E-state index contributed by atoms with van der Waals surface area (Å²) in [6.07, 6.45) is 5.45. The van der Waals surface area contributed by atoms with E-state index in [0.29, 0.717) is 18.7 Å². The summed E-state index contributed by atoms with van der Waals surface area (Å²) in [7, 11) is 0. The number of nitrogens with zero attached hydrogens (tertiary/aromatic N) is 3. The van der Waals surface area contributed by atoms with Crippen molar-refractivity contribution >= 4 is 11.6 Å². The minimum Gasteiger partial charge on any atom is -0.487 e. The quantitative estimate of drug-likeness (QED) is 0.747. The zero-order valence-corrected chi connectivity index (χ0v) is 12.8. The number of likely N-dealkylation sites (tertiary alicyclic amines) is 1. The number of hydrogen-bond donors (Lipinski definition) is 0. The number of carbonyl (C=O) groups excluding carboxylic acids is 1. The molecule has 1 aromatic carbocycles. The number of aryl methyl sites for hydroxylation is 1. The first kappa shape index (κ1) is 13.8. The summed E-state index contributed by atoms with van der Waals surface area (Å²) in [5, 5.41) is 0. The number of benzene rings is 1. The van der Waals surface area contributed by atoms with E-state index in [9.17, 15) is 4.79 Å². The summed E-state index contributed by atoms with van der Waals surface area (Å²) in [5.41, 5.74) is 2.72. The third kappa shape index (κ3) is 2.65. The highest BCUT2D eigenvalue weighted by molar-refractivity contribution is 5.94. The standard InChI is InChI=1S/C18H17N3O2/c1-13-2-5-15(6-3-13)23-16-11-21(12-16)18(22)14-4-7-17-19-8-9-20(17)10-14/h2-10,16H,11-12H2,1H3. The van der Waals surface area contributed by atoms with Gasteiger partial charge in [0.15, 0.2) is 0 Å². The molecular formula is C18H17N3O2. The second-order valence-electron chi connectivity index (χ2n) is 5.87. The number of aromatic nitrogens is 2. The van der Waals surface area contributed by atoms with Crippen molar-refractivity contribution in [3.8, 4) is 5.75 Å². The molecule has 0 saturated carbocycles. The Labute approximate surface area is 134 Å². The van der Waals surface area contributed by atoms with Gasteiger partial charge in [-0.3, -0.25) is 4.79 Å². The summed E-state index contributed by atoms with van der Waals surface area (Å²) in [5.74, 6) is 0.886. The molecule has 5 heteroatoms. The maximum atomic E-state index is 12.5. The van der Waals surface area contributed by atoms with Crippen molar-refractivity contribution in [1.82, 2.24) is 14.3 Å². The molecule has 4 rings (SSSR count). The van der Waals surface area contributed by atoms with Crippen molar-refractivity contribution in [3.05, 3.63) is 66.1 Å². The predicted octanol–water partition coefficient (Wildman–Crippen LogP) is 2.55. The van der Waals surface area contributed by atoms with Gasteiger partial charge < -0.3 is 14.0 Å². The van der Waals surface area contributed by atoms with Gasteiger partial charge in [-0.25, -0.2) is 4.98 Å². The molecule has 0 unspecified atom stereocenters. The van der Waals surface area contributed by atoms with E-state index >= 15 is 0 Å². The Morgan fingerprint density at radius 2 is 1.96 bits per heavy atom. The van der Waals surface area contributed by atoms with E-state index in [1.165, 1.54) is 5.56 Å². The van der Waals surface area contributed by atoms with Crippen molar-refractivity contribution < 1.29 is 9.53 Å². The molecule has 1 saturated heterocycles. The Hall–Kier alpha value is -2.82. The van der Waals surface area contributed by atoms with Crippen LogP contribution in [-0.4, -0.2) is 39.4 Å². The molecule has 1 aliphatic rings. The zero-order valence-electron chi connectivity index (χ0n) is 12.8. The fourth-order valence-corrected chi connectivity index (χ4v) is 2.72. The number of carbonyl (C=O) groups is 1. The highest BCUT2D eigenvalue weighted by Crippen LogP contribution is 2.20. The van der Waals surface area contributed by atoms with Crippen LogP contribution in [0, 0.1) is 6.92 Å². The Morgan fingerprint density at radius 3 is 2.74 bits per heavy atom. The molecule has 3 aromatic rings. The Bertz CT molecular complexity index is 848. The maximum absolute atomic E-state index is 12.5. The lowest BCUT2D eigenvalue weighted by Crippen LogP contribution is -2.56. The minimum absolute atomic E-state index is 0.0318. The van der Waals surface area contributed by atoms with E-state index in [4.69, 9.17) is 4.74 Å². The number of pyridine rings is 1. The fraction of sp³-hybridized carbons (Fsp3) is 0.222. The van der Waals surface area contributed by atoms with E-state index in [1.807, 2.05) is 60.1 Å². The largest absolute Gasteiger partial charge is 0.487 e. The van der Waals surface area contributed by atoms with E-state index in [2.05, 4.69) is 4.98 Å². The van der Waals surface area contributed by atoms with Crippen molar-refractivity contribution in [1.29, 1.82) is 0 Å². The van der Waals surface area contributed by atoms with Crippen molar-refractivity contribution in [2.24, 2.45) is 0 Å². The van der Waals surface area contributed by atoms with Gasteiger partial charge in [0.25, 0.3) is 5.91 Å². The van der Waals surface area contributed by atoms with Crippen molar-refractivity contribution in [3.63, 3.8) is 0 Å². The molecule has 2 aromatic heterocycles. The van der Waals surface area contributed by atoms with Crippen LogP contribution in [0.5, 0.6) is 5.75 Å². The normalized spacial score (nSPS) is 14.7. The summed E-state index contributed by atoms with van der Waals surface area (Å²) in [4.78, 5) is 18.5. The monoisotopic (exact) mass is 307 g/mol. The van der Waals surface area contributed by atoms with Crippen LogP contribution >= 0.6 is 0 Å². The lowest BCUT2D eigenvalue weighted by Gasteiger charge is -2.39. The summed E-state index contributed by atoms with van der Waals surface area (Å²) in [6, 6.07) is 11.7. The highest BCUT2D eigenvalue weighted by atomic mass is 16.5. The first-order chi connectivity index (χ1) is 11.2. The van der Waals surface area contributed by atoms with Crippen LogP contribution in [-0.2, 0) is 0 Å². The van der Waals surface area contributed by atoms with Gasteiger partial charge in [-0.05, 0) is 31.2 Å². The van der Waals surface area contributed by atoms with Crippen molar-refractivity contribution in [2.45, 2.75) is 13.0 Å². The SMILES string of the molecule is Cc1ccc(OC2CN(C(=O)c3ccc4nccn4c3)C2)cc1. The molecule has 23 heavy (non-hydrogen) atoms. The molecule has 1 amide bonds. The molecule has 1 fully saturated rings. The minimum atomic E-state index is 0.0318. The average molecular weight is 307 g/mol. The van der Waals surface area contributed by atoms with Crippen LogP contribution in [0.15, 0.2) is 55.0 Å². The molecule has 0 atom stereocenters. The second kappa shape index (κ2) is 5.43. The molecule has 0 bridgehead atoms. The van der Waals surface area contributed by atoms with E-state index in [1.54, 1.807) is 11.1 Å². The van der Waals surface area contributed by atoms with Gasteiger partial charge >= 0.3 is 0 Å². The predicted molar refractivity (Wildman–Crippen MR) is 86.7 cm³/mol. The van der Waals surface area contributed by atoms with E-state index in [-0.39, 0.29) is 12.0 Å². The summed E-state index contributed by atoms with van der Waals surface area (Å²) in [6.45, 7) is 3.29. The van der Waals surface area contributed by atoms with Gasteiger partial charge in [0.1, 0.15) is 17.5 Å². The highest BCUT2D eigenvalue weighted by Gasteiger charge is 2.32. The first-order valence-corrected chi connectivity index (χ1v) is 7.64. The van der Waals surface area contributed by atoms with Crippen molar-refractivity contribution in [2.75, 3.05) is 13.1 Å². The van der Waals surface area contributed by atoms with Gasteiger partial charge in [0, 0.05) is 18.6 Å². The molecule has 5 nitrogen and oxygen atoms in total. The van der Waals surface area contributed by atoms with E-state index in [0.717, 1.165) is 11.4 Å². The average Bonchev–Trinajstić information content (AvgIpc) is 2.99. The molecule has 3 heterocycles.